The van der Waals surface area contributed by atoms with E-state index in [1.54, 1.807) is 85.3 Å². The number of fused-ring (bicyclic) bond motifs is 2. The molecule has 0 fully saturated rings. The number of esters is 2. The first kappa shape index (κ1) is 62.5. The molecule has 2 heterocycles. The van der Waals surface area contributed by atoms with Gasteiger partial charge < -0.3 is 100 Å². The average molecular weight is 1110 g/mol. The molecule has 0 spiro atoms. The highest BCUT2D eigenvalue weighted by molar-refractivity contribution is 5.77. The number of carbonyl (C=O) groups is 2. The predicted octanol–water partition coefficient (Wildman–Crippen LogP) is 1.72. The molecule has 0 saturated heterocycles. The van der Waals surface area contributed by atoms with Crippen LogP contribution in [0.1, 0.15) is 71.1 Å². The zero-order valence-electron chi connectivity index (χ0n) is 46.7. The van der Waals surface area contributed by atoms with Crippen molar-refractivity contribution in [1.29, 1.82) is 0 Å². The van der Waals surface area contributed by atoms with Crippen LogP contribution in [0.25, 0.3) is 0 Å². The van der Waals surface area contributed by atoms with E-state index in [-0.39, 0.29) is 63.0 Å². The summed E-state index contributed by atoms with van der Waals surface area (Å²) < 4.78 is 82.2. The monoisotopic (exact) mass is 1100 g/mol. The van der Waals surface area contributed by atoms with E-state index in [0.29, 0.717) is 117 Å². The lowest BCUT2D eigenvalue weighted by Crippen LogP contribution is -3.00. The Morgan fingerprint density at radius 1 is 0.421 bits per heavy atom. The molecule has 0 amide bonds. The Morgan fingerprint density at radius 2 is 0.711 bits per heavy atom. The van der Waals surface area contributed by atoms with Crippen LogP contribution in [0.2, 0.25) is 0 Å². The van der Waals surface area contributed by atoms with Crippen LogP contribution in [-0.2, 0) is 44.7 Å². The van der Waals surface area contributed by atoms with Crippen molar-refractivity contribution < 1.29 is 110 Å². The topological polar surface area (TPSA) is 163 Å². The number of rotatable bonds is 27. The maximum absolute atomic E-state index is 13.1. The molecular weight excluding hydrogens is 1030 g/mol. The number of quaternary nitrogens is 2. The number of methoxy groups -OCH3 is 12. The zero-order valence-corrected chi connectivity index (χ0v) is 48.2. The summed E-state index contributed by atoms with van der Waals surface area (Å²) in [6.45, 7) is 3.35. The summed E-state index contributed by atoms with van der Waals surface area (Å²) in [5.41, 5.74) is 6.22. The number of likely N-dealkylation sites (N-methyl/N-ethyl adjacent to an activating group) is 2. The molecule has 0 saturated carbocycles. The number of ether oxygens (including phenoxy) is 14. The first-order chi connectivity index (χ1) is 35.7. The van der Waals surface area contributed by atoms with Crippen LogP contribution in [0.3, 0.4) is 0 Å². The smallest absolute Gasteiger partial charge is 0.306 e. The van der Waals surface area contributed by atoms with E-state index in [9.17, 15) is 9.59 Å². The SMILES string of the molecule is COc1cc(CC2c3c(cc(OC)c(OC)c3OC)CC[N@+]2(C)CCCOC(=O)CCC(=O)OCCC[N@+]2(C)CCc3cc(OC)c(OC)c(OC)c3C2Cc2cc(OC)c(OC)c(OC)c2)cc(OC)c1OC.[Cl-].[Cl-]. The number of hydrogen-bond acceptors (Lipinski definition) is 16. The number of carbonyl (C=O) groups excluding carboxylic acids is 2. The van der Waals surface area contributed by atoms with Gasteiger partial charge in [-0.1, -0.05) is 0 Å². The van der Waals surface area contributed by atoms with Gasteiger partial charge >= 0.3 is 11.9 Å². The van der Waals surface area contributed by atoms with Crippen molar-refractivity contribution in [1.82, 2.24) is 0 Å². The first-order valence-electron chi connectivity index (χ1n) is 24.9. The third-order valence-corrected chi connectivity index (χ3v) is 14.9. The van der Waals surface area contributed by atoms with Crippen molar-refractivity contribution in [2.75, 3.05) is 139 Å². The van der Waals surface area contributed by atoms with Crippen LogP contribution in [-0.4, -0.2) is 160 Å². The normalized spacial score (nSPS) is 18.2. The highest BCUT2D eigenvalue weighted by atomic mass is 35.5. The summed E-state index contributed by atoms with van der Waals surface area (Å²) in [4.78, 5) is 26.2. The lowest BCUT2D eigenvalue weighted by atomic mass is 9.85. The summed E-state index contributed by atoms with van der Waals surface area (Å²) in [6, 6.07) is 11.7. The Labute approximate surface area is 460 Å². The molecule has 4 atom stereocenters. The Hall–Kier alpha value is -6.08. The Balaban J connectivity index is 0.00000624. The van der Waals surface area contributed by atoms with Gasteiger partial charge in [-0.15, -0.1) is 0 Å². The summed E-state index contributed by atoms with van der Waals surface area (Å²) in [6.07, 6.45) is 3.69. The van der Waals surface area contributed by atoms with Gasteiger partial charge in [0.2, 0.25) is 23.0 Å². The molecule has 0 bridgehead atoms. The maximum Gasteiger partial charge on any atom is 0.306 e. The van der Waals surface area contributed by atoms with E-state index in [1.807, 2.05) is 36.4 Å². The second kappa shape index (κ2) is 28.3. The molecule has 0 N–H and O–H groups in total. The second-order valence-electron chi connectivity index (χ2n) is 18.9. The van der Waals surface area contributed by atoms with Crippen molar-refractivity contribution in [2.24, 2.45) is 0 Å². The van der Waals surface area contributed by atoms with Gasteiger partial charge in [0.25, 0.3) is 0 Å². The molecule has 422 valence electrons. The zero-order chi connectivity index (χ0) is 53.7. The van der Waals surface area contributed by atoms with Crippen LogP contribution in [0.4, 0.5) is 0 Å². The predicted molar refractivity (Wildman–Crippen MR) is 277 cm³/mol. The molecule has 2 aliphatic rings. The first-order valence-corrected chi connectivity index (χ1v) is 24.9. The fraction of sp³-hybridized carbons (Fsp3) is 0.536. The Kier molecular flexibility index (Phi) is 23.3. The van der Waals surface area contributed by atoms with Gasteiger partial charge in [0.1, 0.15) is 12.1 Å². The summed E-state index contributed by atoms with van der Waals surface area (Å²) in [5, 5.41) is 0. The minimum Gasteiger partial charge on any atom is -1.00 e. The van der Waals surface area contributed by atoms with Crippen LogP contribution < -0.4 is 81.7 Å². The third-order valence-electron chi connectivity index (χ3n) is 14.9. The van der Waals surface area contributed by atoms with Crippen molar-refractivity contribution in [3.05, 3.63) is 69.8 Å². The molecule has 76 heavy (non-hydrogen) atoms. The third kappa shape index (κ3) is 13.4. The van der Waals surface area contributed by atoms with Crippen molar-refractivity contribution in [2.45, 2.75) is 63.5 Å². The van der Waals surface area contributed by atoms with Gasteiger partial charge in [0.15, 0.2) is 46.0 Å². The highest BCUT2D eigenvalue weighted by Gasteiger charge is 2.45. The fourth-order valence-corrected chi connectivity index (χ4v) is 11.0. The molecule has 4 aromatic carbocycles. The van der Waals surface area contributed by atoms with Crippen molar-refractivity contribution in [3.63, 3.8) is 0 Å². The van der Waals surface area contributed by atoms with E-state index >= 15 is 0 Å². The number of benzene rings is 4. The summed E-state index contributed by atoms with van der Waals surface area (Å²) in [5.74, 6) is 5.85. The molecule has 18 nitrogen and oxygen atoms in total. The minimum absolute atomic E-state index is 0. The van der Waals surface area contributed by atoms with Gasteiger partial charge in [-0.2, -0.15) is 0 Å². The van der Waals surface area contributed by atoms with Crippen LogP contribution in [0.15, 0.2) is 36.4 Å². The fourth-order valence-electron chi connectivity index (χ4n) is 11.0. The van der Waals surface area contributed by atoms with E-state index < -0.39 is 11.9 Å². The largest absolute Gasteiger partial charge is 1.00 e. The molecular formula is C56H78Cl2N2O16. The lowest BCUT2D eigenvalue weighted by Gasteiger charge is -2.46. The molecule has 4 aromatic rings. The number of nitrogens with zero attached hydrogens (tertiary/aromatic N) is 2. The van der Waals surface area contributed by atoms with Gasteiger partial charge in [-0.3, -0.25) is 9.59 Å². The second-order valence-corrected chi connectivity index (χ2v) is 18.9. The van der Waals surface area contributed by atoms with Gasteiger partial charge in [-0.25, -0.2) is 0 Å². The molecule has 20 heteroatoms. The standard InChI is InChI=1S/C56H78N2O16.2ClH/c1-57(23-19-37-33-45(65-7)53(69-11)55(71-13)49(37)39(57)27-35-29-41(61-3)51(67-9)42(30-35)62-4)21-15-25-73-47(59)17-18-48(60)74-26-16-22-58(2)24-20-38-34-46(66-8)54(70-12)56(72-14)50(38)40(58)28-36-31-43(63-5)52(68-10)44(32-36)64-6;;/h29-34,39-40H,15-28H2,1-14H3;2*1H/q+2;;/p-2/t39?,40?,57-,58+;;. The van der Waals surface area contributed by atoms with Crippen LogP contribution in [0.5, 0.6) is 69.0 Å². The lowest BCUT2D eigenvalue weighted by molar-refractivity contribution is -0.941. The van der Waals surface area contributed by atoms with Crippen LogP contribution in [0, 0.1) is 0 Å². The van der Waals surface area contributed by atoms with E-state index in [0.717, 1.165) is 59.3 Å². The Morgan fingerprint density at radius 3 is 0.987 bits per heavy atom. The molecule has 2 unspecified atom stereocenters. The summed E-state index contributed by atoms with van der Waals surface area (Å²) in [7, 11) is 23.7. The van der Waals surface area contributed by atoms with E-state index in [1.165, 1.54) is 0 Å². The van der Waals surface area contributed by atoms with Crippen molar-refractivity contribution >= 4 is 11.9 Å². The van der Waals surface area contributed by atoms with Gasteiger partial charge in [-0.05, 0) is 58.7 Å². The molecule has 6 rings (SSSR count). The van der Waals surface area contributed by atoms with E-state index in [2.05, 4.69) is 14.1 Å². The quantitative estimate of drug-likeness (QED) is 0.0482. The molecule has 0 radical (unpaired) electrons. The number of hydrogen-bond donors (Lipinski definition) is 0. The van der Waals surface area contributed by atoms with Crippen LogP contribution >= 0.6 is 0 Å². The maximum atomic E-state index is 13.1. The highest BCUT2D eigenvalue weighted by Crippen LogP contribution is 2.53. The average Bonchev–Trinajstić information content (AvgIpc) is 3.42. The Bertz CT molecular complexity index is 2370. The molecule has 0 aromatic heterocycles. The van der Waals surface area contributed by atoms with Crippen molar-refractivity contribution in [3.8, 4) is 69.0 Å². The van der Waals surface area contributed by atoms with Gasteiger partial charge in [0.05, 0.1) is 163 Å². The molecule has 0 aliphatic carbocycles. The summed E-state index contributed by atoms with van der Waals surface area (Å²) >= 11 is 0. The minimum atomic E-state index is -0.457. The number of halogens is 2. The molecule has 2 aliphatic heterocycles. The van der Waals surface area contributed by atoms with E-state index in [4.69, 9.17) is 66.3 Å². The van der Waals surface area contributed by atoms with Gasteiger partial charge in [0, 0.05) is 38.5 Å².